The number of hydrogen-bond acceptors (Lipinski definition) is 5. The Morgan fingerprint density at radius 3 is 2.47 bits per heavy atom. The van der Waals surface area contributed by atoms with E-state index in [1.165, 1.54) is 22.7 Å². The Bertz CT molecular complexity index is 1120. The first-order valence-electron chi connectivity index (χ1n) is 10.7. The molecule has 174 valence electrons. The normalized spacial score (nSPS) is 17.6. The van der Waals surface area contributed by atoms with E-state index in [0.29, 0.717) is 31.1 Å². The average Bonchev–Trinajstić information content (AvgIpc) is 2.71. The summed E-state index contributed by atoms with van der Waals surface area (Å²) in [7, 11) is -1.55. The third-order valence-corrected chi connectivity index (χ3v) is 7.24. The van der Waals surface area contributed by atoms with Gasteiger partial charge in [-0.3, -0.25) is 4.79 Å². The fraction of sp³-hybridized carbons (Fsp3) is 0.478. The van der Waals surface area contributed by atoms with Gasteiger partial charge in [-0.05, 0) is 43.2 Å². The third-order valence-electron chi connectivity index (χ3n) is 5.85. The maximum absolute atomic E-state index is 13.8. The van der Waals surface area contributed by atoms with Crippen molar-refractivity contribution in [2.75, 3.05) is 42.7 Å². The molecule has 1 aromatic heterocycles. The van der Waals surface area contributed by atoms with Crippen LogP contribution in [0, 0.1) is 18.7 Å². The number of amides is 1. The predicted molar refractivity (Wildman–Crippen MR) is 126 cm³/mol. The van der Waals surface area contributed by atoms with Crippen molar-refractivity contribution in [3.05, 3.63) is 41.8 Å². The lowest BCUT2D eigenvalue weighted by molar-refractivity contribution is -0.121. The van der Waals surface area contributed by atoms with Crippen molar-refractivity contribution in [3.8, 4) is 11.1 Å². The monoisotopic (exact) mass is 462 g/mol. The number of carbonyl (C=O) groups is 1. The number of carbonyl (C=O) groups excluding carboxylic acids is 1. The first kappa shape index (κ1) is 24.1. The molecule has 3 rings (SSSR count). The smallest absolute Gasteiger partial charge is 0.229 e. The van der Waals surface area contributed by atoms with Gasteiger partial charge in [0.1, 0.15) is 11.6 Å². The molecule has 1 unspecified atom stereocenters. The molecule has 1 aliphatic rings. The van der Waals surface area contributed by atoms with E-state index >= 15 is 0 Å². The van der Waals surface area contributed by atoms with Crippen molar-refractivity contribution in [2.24, 2.45) is 5.92 Å². The van der Waals surface area contributed by atoms with E-state index in [1.807, 2.05) is 38.7 Å². The van der Waals surface area contributed by atoms with E-state index in [0.717, 1.165) is 16.7 Å². The van der Waals surface area contributed by atoms with Gasteiger partial charge in [-0.15, -0.1) is 0 Å². The van der Waals surface area contributed by atoms with Gasteiger partial charge >= 0.3 is 0 Å². The topological polar surface area (TPSA) is 73.8 Å². The second-order valence-corrected chi connectivity index (χ2v) is 10.7. The van der Waals surface area contributed by atoms with E-state index in [9.17, 15) is 17.6 Å². The summed E-state index contributed by atoms with van der Waals surface area (Å²) >= 11 is 0. The first-order valence-corrected chi connectivity index (χ1v) is 12.5. The SMILES string of the molecule is Cc1cc(F)ccc1-c1cc(N2CCN(S(C)(=O)=O)C(C)C2)ncc1N(C)C(=O)C(C)C. The van der Waals surface area contributed by atoms with Crippen molar-refractivity contribution in [1.29, 1.82) is 0 Å². The maximum atomic E-state index is 13.8. The zero-order valence-electron chi connectivity index (χ0n) is 19.5. The van der Waals surface area contributed by atoms with Gasteiger partial charge in [-0.25, -0.2) is 17.8 Å². The van der Waals surface area contributed by atoms with Gasteiger partial charge in [-0.1, -0.05) is 19.9 Å². The summed E-state index contributed by atoms with van der Waals surface area (Å²) < 4.78 is 39.3. The number of pyridine rings is 1. The Morgan fingerprint density at radius 2 is 1.91 bits per heavy atom. The summed E-state index contributed by atoms with van der Waals surface area (Å²) in [5.41, 5.74) is 2.99. The molecule has 7 nitrogen and oxygen atoms in total. The summed E-state index contributed by atoms with van der Waals surface area (Å²) in [5, 5.41) is 0. The molecule has 2 heterocycles. The minimum absolute atomic E-state index is 0.0454. The summed E-state index contributed by atoms with van der Waals surface area (Å²) in [6.07, 6.45) is 2.89. The second kappa shape index (κ2) is 9.15. The Balaban J connectivity index is 2.05. The lowest BCUT2D eigenvalue weighted by Gasteiger charge is -2.39. The lowest BCUT2D eigenvalue weighted by atomic mass is 9.98. The molecule has 0 spiro atoms. The highest BCUT2D eigenvalue weighted by Gasteiger charge is 2.31. The van der Waals surface area contributed by atoms with Crippen LogP contribution in [0.2, 0.25) is 0 Å². The molecule has 0 N–H and O–H groups in total. The van der Waals surface area contributed by atoms with Crippen molar-refractivity contribution in [3.63, 3.8) is 0 Å². The molecule has 0 radical (unpaired) electrons. The van der Waals surface area contributed by atoms with Crippen molar-refractivity contribution < 1.29 is 17.6 Å². The first-order chi connectivity index (χ1) is 14.9. The number of halogens is 1. The number of anilines is 2. The maximum Gasteiger partial charge on any atom is 0.229 e. The van der Waals surface area contributed by atoms with Crippen LogP contribution in [0.3, 0.4) is 0 Å². The fourth-order valence-corrected chi connectivity index (χ4v) is 5.30. The molecule has 1 aliphatic heterocycles. The van der Waals surface area contributed by atoms with Crippen LogP contribution < -0.4 is 9.80 Å². The molecule has 1 aromatic carbocycles. The van der Waals surface area contributed by atoms with Crippen LogP contribution in [0.5, 0.6) is 0 Å². The Labute approximate surface area is 189 Å². The molecule has 0 bridgehead atoms. The van der Waals surface area contributed by atoms with E-state index < -0.39 is 10.0 Å². The Kier molecular flexibility index (Phi) is 6.90. The summed E-state index contributed by atoms with van der Waals surface area (Å²) in [6.45, 7) is 8.77. The van der Waals surface area contributed by atoms with Crippen LogP contribution in [-0.4, -0.2) is 62.6 Å². The molecule has 2 aromatic rings. The van der Waals surface area contributed by atoms with Crippen molar-refractivity contribution >= 4 is 27.4 Å². The average molecular weight is 463 g/mol. The number of rotatable bonds is 5. The lowest BCUT2D eigenvalue weighted by Crippen LogP contribution is -2.53. The number of benzene rings is 1. The third kappa shape index (κ3) is 4.94. The summed E-state index contributed by atoms with van der Waals surface area (Å²) in [4.78, 5) is 20.9. The summed E-state index contributed by atoms with van der Waals surface area (Å²) in [6, 6.07) is 6.30. The zero-order valence-corrected chi connectivity index (χ0v) is 20.3. The van der Waals surface area contributed by atoms with Gasteiger partial charge in [-0.2, -0.15) is 4.31 Å². The van der Waals surface area contributed by atoms with E-state index in [1.54, 1.807) is 24.2 Å². The Hall–Kier alpha value is -2.52. The standard InChI is InChI=1S/C23H31FN4O3S/c1-15(2)23(29)26(5)21-13-25-22(12-20(21)19-8-7-18(24)11-16(19)3)27-9-10-28(17(4)14-27)32(6,30)31/h7-8,11-13,15,17H,9-10,14H2,1-6H3. The highest BCUT2D eigenvalue weighted by Crippen LogP contribution is 2.36. The van der Waals surface area contributed by atoms with Crippen LogP contribution in [-0.2, 0) is 14.8 Å². The molecule has 0 aliphatic carbocycles. The van der Waals surface area contributed by atoms with Gasteiger partial charge < -0.3 is 9.80 Å². The number of aryl methyl sites for hydroxylation is 1. The van der Waals surface area contributed by atoms with E-state index in [2.05, 4.69) is 4.98 Å². The molecule has 9 heteroatoms. The minimum atomic E-state index is -3.27. The molecule has 32 heavy (non-hydrogen) atoms. The van der Waals surface area contributed by atoms with Gasteiger partial charge in [0.2, 0.25) is 15.9 Å². The molecule has 1 saturated heterocycles. The van der Waals surface area contributed by atoms with Crippen LogP contribution in [0.25, 0.3) is 11.1 Å². The largest absolute Gasteiger partial charge is 0.354 e. The summed E-state index contributed by atoms with van der Waals surface area (Å²) in [5.74, 6) is 0.139. The molecule has 0 saturated carbocycles. The number of aromatic nitrogens is 1. The molecule has 1 fully saturated rings. The number of hydrogen-bond donors (Lipinski definition) is 0. The molecular formula is C23H31FN4O3S. The van der Waals surface area contributed by atoms with Crippen molar-refractivity contribution in [1.82, 2.24) is 9.29 Å². The number of piperazine rings is 1. The van der Waals surface area contributed by atoms with Crippen LogP contribution in [0.15, 0.2) is 30.5 Å². The number of sulfonamides is 1. The molecule has 1 amide bonds. The molecule has 1 atom stereocenters. The molecular weight excluding hydrogens is 431 g/mol. The van der Waals surface area contributed by atoms with Crippen molar-refractivity contribution in [2.45, 2.75) is 33.7 Å². The van der Waals surface area contributed by atoms with Gasteiger partial charge in [0.25, 0.3) is 0 Å². The number of nitrogens with zero attached hydrogens (tertiary/aromatic N) is 4. The fourth-order valence-electron chi connectivity index (χ4n) is 4.17. The Morgan fingerprint density at radius 1 is 1.22 bits per heavy atom. The van der Waals surface area contributed by atoms with Crippen LogP contribution >= 0.6 is 0 Å². The highest BCUT2D eigenvalue weighted by atomic mass is 32.2. The van der Waals surface area contributed by atoms with Gasteiger partial charge in [0.15, 0.2) is 0 Å². The quantitative estimate of drug-likeness (QED) is 0.682. The van der Waals surface area contributed by atoms with Crippen LogP contribution in [0.4, 0.5) is 15.9 Å². The predicted octanol–water partition coefficient (Wildman–Crippen LogP) is 3.29. The second-order valence-electron chi connectivity index (χ2n) is 8.74. The van der Waals surface area contributed by atoms with Gasteiger partial charge in [0, 0.05) is 44.2 Å². The highest BCUT2D eigenvalue weighted by molar-refractivity contribution is 7.88. The van der Waals surface area contributed by atoms with Crippen LogP contribution in [0.1, 0.15) is 26.3 Å². The van der Waals surface area contributed by atoms with E-state index in [4.69, 9.17) is 0 Å². The van der Waals surface area contributed by atoms with E-state index in [-0.39, 0.29) is 23.7 Å². The zero-order chi connectivity index (χ0) is 23.8. The minimum Gasteiger partial charge on any atom is -0.354 e. The van der Waals surface area contributed by atoms with Gasteiger partial charge in [0.05, 0.1) is 18.1 Å².